The van der Waals surface area contributed by atoms with Crippen molar-refractivity contribution in [2.75, 3.05) is 45.9 Å². The Morgan fingerprint density at radius 2 is 1.72 bits per heavy atom. The average Bonchev–Trinajstić information content (AvgIpc) is 3.37. The highest BCUT2D eigenvalue weighted by Crippen LogP contribution is 2.27. The number of hydrogen-bond acceptors (Lipinski definition) is 4. The van der Waals surface area contributed by atoms with Gasteiger partial charge in [0.15, 0.2) is 0 Å². The van der Waals surface area contributed by atoms with E-state index in [-0.39, 0.29) is 11.8 Å². The average molecular weight is 438 g/mol. The molecule has 32 heavy (non-hydrogen) atoms. The highest BCUT2D eigenvalue weighted by atomic mass is 16.5. The smallest absolute Gasteiger partial charge is 0.225 e. The van der Waals surface area contributed by atoms with Crippen LogP contribution in [0.15, 0.2) is 42.5 Å². The van der Waals surface area contributed by atoms with Gasteiger partial charge in [0.05, 0.1) is 6.61 Å². The molecule has 0 bridgehead atoms. The molecule has 4 rings (SSSR count). The third-order valence-corrected chi connectivity index (χ3v) is 6.69. The topological polar surface area (TPSA) is 61.9 Å². The molecule has 0 atom stereocenters. The molecule has 6 nitrogen and oxygen atoms in total. The Morgan fingerprint density at radius 3 is 2.53 bits per heavy atom. The predicted octanol–water partition coefficient (Wildman–Crippen LogP) is 3.45. The van der Waals surface area contributed by atoms with Crippen molar-refractivity contribution in [3.8, 4) is 5.75 Å². The molecule has 2 fully saturated rings. The number of hydrogen-bond donors (Lipinski definition) is 1. The maximum Gasteiger partial charge on any atom is 0.225 e. The summed E-state index contributed by atoms with van der Waals surface area (Å²) < 4.78 is 5.92. The van der Waals surface area contributed by atoms with E-state index in [4.69, 9.17) is 4.74 Å². The summed E-state index contributed by atoms with van der Waals surface area (Å²) in [5, 5.41) is 5.28. The second kappa shape index (κ2) is 11.3. The van der Waals surface area contributed by atoms with Crippen molar-refractivity contribution in [2.45, 2.75) is 38.5 Å². The summed E-state index contributed by atoms with van der Waals surface area (Å²) in [4.78, 5) is 29.1. The van der Waals surface area contributed by atoms with Gasteiger partial charge in [0.1, 0.15) is 5.75 Å². The van der Waals surface area contributed by atoms with E-state index in [1.807, 2.05) is 29.2 Å². The summed E-state index contributed by atoms with van der Waals surface area (Å²) in [6.45, 7) is 5.44. The van der Waals surface area contributed by atoms with Crippen LogP contribution in [0.3, 0.4) is 0 Å². The van der Waals surface area contributed by atoms with Crippen LogP contribution >= 0.6 is 0 Å². The molecule has 1 N–H and O–H groups in total. The van der Waals surface area contributed by atoms with E-state index in [9.17, 15) is 9.59 Å². The van der Waals surface area contributed by atoms with Gasteiger partial charge in [-0.05, 0) is 30.7 Å². The summed E-state index contributed by atoms with van der Waals surface area (Å²) >= 11 is 0. The first-order chi connectivity index (χ1) is 15.7. The number of rotatable bonds is 9. The minimum atomic E-state index is 0.0709. The maximum absolute atomic E-state index is 12.5. The highest BCUT2D eigenvalue weighted by Gasteiger charge is 2.29. The van der Waals surface area contributed by atoms with Crippen LogP contribution in [0.25, 0.3) is 10.8 Å². The van der Waals surface area contributed by atoms with Crippen LogP contribution in [0.5, 0.6) is 5.75 Å². The van der Waals surface area contributed by atoms with Gasteiger partial charge in [-0.3, -0.25) is 14.5 Å². The van der Waals surface area contributed by atoms with Crippen molar-refractivity contribution in [1.29, 1.82) is 0 Å². The number of ether oxygens (including phenoxy) is 1. The number of carbonyl (C=O) groups excluding carboxylic acids is 2. The lowest BCUT2D eigenvalue weighted by molar-refractivity contribution is -0.137. The van der Waals surface area contributed by atoms with Crippen LogP contribution in [-0.2, 0) is 9.59 Å². The fourth-order valence-electron chi connectivity index (χ4n) is 4.80. The van der Waals surface area contributed by atoms with Gasteiger partial charge in [0, 0.05) is 57.0 Å². The Morgan fingerprint density at radius 1 is 0.969 bits per heavy atom. The van der Waals surface area contributed by atoms with Crippen molar-refractivity contribution in [1.82, 2.24) is 15.1 Å². The van der Waals surface area contributed by atoms with Crippen LogP contribution in [-0.4, -0.2) is 67.5 Å². The fourth-order valence-corrected chi connectivity index (χ4v) is 4.80. The quantitative estimate of drug-likeness (QED) is 0.611. The molecule has 0 spiro atoms. The minimum absolute atomic E-state index is 0.0709. The lowest BCUT2D eigenvalue weighted by Gasteiger charge is -2.36. The van der Waals surface area contributed by atoms with Crippen molar-refractivity contribution >= 4 is 22.6 Å². The molecule has 1 aliphatic heterocycles. The molecule has 1 saturated carbocycles. The first kappa shape index (κ1) is 22.6. The summed E-state index contributed by atoms with van der Waals surface area (Å²) in [5.41, 5.74) is 0. The molecule has 2 amide bonds. The summed E-state index contributed by atoms with van der Waals surface area (Å²) in [6.07, 6.45) is 5.69. The van der Waals surface area contributed by atoms with Gasteiger partial charge < -0.3 is 15.0 Å². The summed E-state index contributed by atoms with van der Waals surface area (Å²) in [7, 11) is 0. The van der Waals surface area contributed by atoms with Gasteiger partial charge in [-0.1, -0.05) is 49.2 Å². The largest absolute Gasteiger partial charge is 0.493 e. The van der Waals surface area contributed by atoms with Crippen molar-refractivity contribution in [3.05, 3.63) is 42.5 Å². The molecule has 0 unspecified atom stereocenters. The van der Waals surface area contributed by atoms with Gasteiger partial charge in [0.2, 0.25) is 11.8 Å². The van der Waals surface area contributed by atoms with E-state index in [0.29, 0.717) is 31.9 Å². The second-order valence-electron chi connectivity index (χ2n) is 8.93. The SMILES string of the molecule is O=C(CCCOc1cccc2ccccc12)NCCN1CCN(C(=O)C2CCCC2)CC1. The third-order valence-electron chi connectivity index (χ3n) is 6.69. The van der Waals surface area contributed by atoms with E-state index in [0.717, 1.165) is 62.1 Å². The Bertz CT molecular complexity index is 897. The molecule has 0 radical (unpaired) electrons. The zero-order valence-electron chi connectivity index (χ0n) is 18.9. The Hall–Kier alpha value is -2.60. The molecule has 172 valence electrons. The number of nitrogens with zero attached hydrogens (tertiary/aromatic N) is 2. The molecule has 1 saturated heterocycles. The Labute approximate surface area is 190 Å². The van der Waals surface area contributed by atoms with E-state index in [2.05, 4.69) is 28.4 Å². The van der Waals surface area contributed by atoms with Crippen LogP contribution in [0.4, 0.5) is 0 Å². The van der Waals surface area contributed by atoms with Gasteiger partial charge in [-0.15, -0.1) is 0 Å². The number of carbonyl (C=O) groups is 2. The molecular weight excluding hydrogens is 402 g/mol. The Kier molecular flexibility index (Phi) is 7.99. The van der Waals surface area contributed by atoms with Gasteiger partial charge >= 0.3 is 0 Å². The second-order valence-corrected chi connectivity index (χ2v) is 8.93. The predicted molar refractivity (Wildman–Crippen MR) is 127 cm³/mol. The van der Waals surface area contributed by atoms with Crippen molar-refractivity contribution in [2.24, 2.45) is 5.92 Å². The minimum Gasteiger partial charge on any atom is -0.493 e. The first-order valence-electron chi connectivity index (χ1n) is 12.1. The summed E-state index contributed by atoms with van der Waals surface area (Å²) in [6, 6.07) is 14.2. The molecular formula is C26H35N3O3. The van der Waals surface area contributed by atoms with Gasteiger partial charge in [0.25, 0.3) is 0 Å². The maximum atomic E-state index is 12.5. The van der Waals surface area contributed by atoms with Crippen LogP contribution in [0, 0.1) is 5.92 Å². The fraction of sp³-hybridized carbons (Fsp3) is 0.538. The first-order valence-corrected chi connectivity index (χ1v) is 12.1. The van der Waals surface area contributed by atoms with Crippen molar-refractivity contribution < 1.29 is 14.3 Å². The monoisotopic (exact) mass is 437 g/mol. The van der Waals surface area contributed by atoms with Crippen LogP contribution < -0.4 is 10.1 Å². The van der Waals surface area contributed by atoms with Gasteiger partial charge in [-0.25, -0.2) is 0 Å². The molecule has 2 aliphatic rings. The van der Waals surface area contributed by atoms with Crippen molar-refractivity contribution in [3.63, 3.8) is 0 Å². The third kappa shape index (κ3) is 6.00. The molecule has 2 aromatic rings. The van der Waals surface area contributed by atoms with E-state index >= 15 is 0 Å². The molecule has 1 aliphatic carbocycles. The molecule has 6 heteroatoms. The van der Waals surface area contributed by atoms with E-state index in [1.165, 1.54) is 12.8 Å². The number of nitrogens with one attached hydrogen (secondary N) is 1. The zero-order chi connectivity index (χ0) is 22.2. The zero-order valence-corrected chi connectivity index (χ0v) is 18.9. The standard InChI is InChI=1S/C26H35N3O3/c30-25(13-6-20-32-24-12-5-10-21-7-3-4-11-23(21)24)27-14-15-28-16-18-29(19-17-28)26(31)22-8-1-2-9-22/h3-5,7,10-12,22H,1-2,6,8-9,13-20H2,(H,27,30). The van der Waals surface area contributed by atoms with Gasteiger partial charge in [-0.2, -0.15) is 0 Å². The summed E-state index contributed by atoms with van der Waals surface area (Å²) in [5.74, 6) is 1.57. The van der Waals surface area contributed by atoms with E-state index < -0.39 is 0 Å². The van der Waals surface area contributed by atoms with E-state index in [1.54, 1.807) is 0 Å². The normalized spacial score (nSPS) is 17.6. The molecule has 2 aromatic carbocycles. The van der Waals surface area contributed by atoms with Crippen LogP contribution in [0.1, 0.15) is 38.5 Å². The number of piperazine rings is 1. The Balaban J connectivity index is 1.08. The number of benzene rings is 2. The molecule has 0 aromatic heterocycles. The number of fused-ring (bicyclic) bond motifs is 1. The highest BCUT2D eigenvalue weighted by molar-refractivity contribution is 5.88. The number of amides is 2. The molecule has 1 heterocycles. The van der Waals surface area contributed by atoms with Crippen LogP contribution in [0.2, 0.25) is 0 Å². The lowest BCUT2D eigenvalue weighted by Crippen LogP contribution is -2.51. The lowest BCUT2D eigenvalue weighted by atomic mass is 10.1.